The van der Waals surface area contributed by atoms with Gasteiger partial charge in [0, 0.05) is 24.2 Å². The molecule has 1 aromatic carbocycles. The molecule has 2 fully saturated rings. The fraction of sp³-hybridized carbons (Fsp3) is 0.438. The standard InChI is InChI=1S/C32H35F3N4O7S/c33-32(34,35)23-11-6-10-22(19-23)27-14-15-28(46-27)31(42)37-25(18-21-8-2-1-3-9-21)30(41)36-24-12-7-16-38(20-26(24)40)47(44,45)29-13-4-5-17-39(29)43/h4-6,10-11,13-15,17,19,21,24-25H,1-3,7-9,12,16,18,20H2,(H,36,41)(H,37,42)/t24-,25?/m0/s1. The van der Waals surface area contributed by atoms with Gasteiger partial charge in [0.05, 0.1) is 18.2 Å². The molecule has 2 aromatic heterocycles. The van der Waals surface area contributed by atoms with E-state index in [0.29, 0.717) is 0 Å². The van der Waals surface area contributed by atoms with Gasteiger partial charge in [-0.25, -0.2) is 8.42 Å². The number of halogens is 3. The molecule has 1 saturated heterocycles. The second kappa shape index (κ2) is 14.3. The summed E-state index contributed by atoms with van der Waals surface area (Å²) in [5.41, 5.74) is -0.750. The minimum absolute atomic E-state index is 0.0374. The average molecular weight is 677 g/mol. The highest BCUT2D eigenvalue weighted by molar-refractivity contribution is 7.89. The van der Waals surface area contributed by atoms with Crippen LogP contribution >= 0.6 is 0 Å². The topological polar surface area (TPSA) is 153 Å². The number of rotatable bonds is 9. The Bertz CT molecular complexity index is 1720. The van der Waals surface area contributed by atoms with Crippen molar-refractivity contribution in [2.75, 3.05) is 13.1 Å². The average Bonchev–Trinajstić information content (AvgIpc) is 3.47. The Kier molecular flexibility index (Phi) is 10.3. The molecule has 11 nitrogen and oxygen atoms in total. The predicted molar refractivity (Wildman–Crippen MR) is 162 cm³/mol. The van der Waals surface area contributed by atoms with Crippen molar-refractivity contribution < 1.29 is 45.1 Å². The van der Waals surface area contributed by atoms with Crippen LogP contribution in [0.15, 0.2) is 70.2 Å². The number of nitrogens with zero attached hydrogens (tertiary/aromatic N) is 2. The number of ketones is 1. The molecule has 3 heterocycles. The number of Topliss-reactive ketones (excluding diaryl/α,β-unsaturated/α-hetero) is 1. The van der Waals surface area contributed by atoms with Crippen molar-refractivity contribution in [2.24, 2.45) is 5.92 Å². The highest BCUT2D eigenvalue weighted by atomic mass is 32.2. The molecule has 1 saturated carbocycles. The second-order valence-electron chi connectivity index (χ2n) is 11.9. The zero-order valence-corrected chi connectivity index (χ0v) is 26.2. The summed E-state index contributed by atoms with van der Waals surface area (Å²) in [5, 5.41) is 17.0. The van der Waals surface area contributed by atoms with Crippen LogP contribution in [0, 0.1) is 11.1 Å². The van der Waals surface area contributed by atoms with Gasteiger partial charge >= 0.3 is 21.2 Å². The Balaban J connectivity index is 1.29. The number of nitrogens with one attached hydrogen (secondary N) is 2. The number of furan rings is 1. The van der Waals surface area contributed by atoms with Crippen LogP contribution in [-0.2, 0) is 25.8 Å². The number of hydrogen-bond donors (Lipinski definition) is 2. The van der Waals surface area contributed by atoms with Gasteiger partial charge in [-0.1, -0.05) is 44.2 Å². The Hall–Kier alpha value is -4.24. The van der Waals surface area contributed by atoms with Gasteiger partial charge in [-0.3, -0.25) is 14.4 Å². The molecule has 47 heavy (non-hydrogen) atoms. The van der Waals surface area contributed by atoms with E-state index in [9.17, 15) is 41.2 Å². The molecule has 2 N–H and O–H groups in total. The maximum absolute atomic E-state index is 13.6. The molecule has 5 rings (SSSR count). The van der Waals surface area contributed by atoms with E-state index < -0.39 is 63.0 Å². The molecule has 1 aliphatic carbocycles. The molecule has 1 aliphatic heterocycles. The van der Waals surface area contributed by atoms with E-state index in [-0.39, 0.29) is 53.5 Å². The summed E-state index contributed by atoms with van der Waals surface area (Å²) in [6.45, 7) is -0.586. The third kappa shape index (κ3) is 8.19. The van der Waals surface area contributed by atoms with Crippen molar-refractivity contribution in [1.29, 1.82) is 0 Å². The number of benzene rings is 1. The predicted octanol–water partition coefficient (Wildman–Crippen LogP) is 4.21. The normalized spacial score (nSPS) is 19.1. The van der Waals surface area contributed by atoms with Crippen molar-refractivity contribution in [1.82, 2.24) is 14.9 Å². The maximum atomic E-state index is 13.6. The summed E-state index contributed by atoms with van der Waals surface area (Å²) < 4.78 is 72.6. The minimum atomic E-state index is -4.56. The summed E-state index contributed by atoms with van der Waals surface area (Å²) in [4.78, 5) is 40.1. The first-order valence-electron chi connectivity index (χ1n) is 15.4. The Morgan fingerprint density at radius 3 is 2.51 bits per heavy atom. The molecule has 2 atom stereocenters. The van der Waals surface area contributed by atoms with Crippen LogP contribution in [0.5, 0.6) is 0 Å². The van der Waals surface area contributed by atoms with Crippen LogP contribution in [0.4, 0.5) is 13.2 Å². The van der Waals surface area contributed by atoms with Gasteiger partial charge in [0.25, 0.3) is 5.91 Å². The summed E-state index contributed by atoms with van der Waals surface area (Å²) in [7, 11) is -4.28. The molecule has 15 heteroatoms. The highest BCUT2D eigenvalue weighted by Gasteiger charge is 2.38. The van der Waals surface area contributed by atoms with Gasteiger partial charge in [0.2, 0.25) is 5.91 Å². The van der Waals surface area contributed by atoms with Crippen molar-refractivity contribution in [3.63, 3.8) is 0 Å². The van der Waals surface area contributed by atoms with E-state index in [2.05, 4.69) is 10.6 Å². The number of carbonyl (C=O) groups is 3. The minimum Gasteiger partial charge on any atom is -0.618 e. The number of hydrogen-bond acceptors (Lipinski definition) is 7. The summed E-state index contributed by atoms with van der Waals surface area (Å²) >= 11 is 0. The molecule has 2 amide bonds. The van der Waals surface area contributed by atoms with E-state index in [1.807, 2.05) is 0 Å². The zero-order chi connectivity index (χ0) is 33.8. The van der Waals surface area contributed by atoms with Crippen LogP contribution in [0.3, 0.4) is 0 Å². The summed E-state index contributed by atoms with van der Waals surface area (Å²) in [6, 6.07) is 9.01. The number of carbonyl (C=O) groups excluding carboxylic acids is 3. The molecule has 3 aromatic rings. The van der Waals surface area contributed by atoms with Gasteiger partial charge in [0.15, 0.2) is 17.7 Å². The third-order valence-corrected chi connectivity index (χ3v) is 10.4. The first-order chi connectivity index (χ1) is 22.3. The number of aromatic nitrogens is 1. The lowest BCUT2D eigenvalue weighted by molar-refractivity contribution is -0.646. The van der Waals surface area contributed by atoms with Crippen LogP contribution < -0.4 is 15.4 Å². The fourth-order valence-electron chi connectivity index (χ4n) is 6.05. The maximum Gasteiger partial charge on any atom is 0.416 e. The quantitative estimate of drug-likeness (QED) is 0.255. The monoisotopic (exact) mass is 676 g/mol. The van der Waals surface area contributed by atoms with Gasteiger partial charge in [0.1, 0.15) is 11.8 Å². The highest BCUT2D eigenvalue weighted by Crippen LogP contribution is 2.33. The van der Waals surface area contributed by atoms with Crippen LogP contribution in [0.2, 0.25) is 0 Å². The largest absolute Gasteiger partial charge is 0.618 e. The van der Waals surface area contributed by atoms with E-state index in [0.717, 1.165) is 60.8 Å². The number of alkyl halides is 3. The second-order valence-corrected chi connectivity index (χ2v) is 13.8. The lowest BCUT2D eigenvalue weighted by atomic mass is 9.84. The van der Waals surface area contributed by atoms with Gasteiger partial charge in [-0.2, -0.15) is 22.2 Å². The molecule has 0 bridgehead atoms. The zero-order valence-electron chi connectivity index (χ0n) is 25.4. The molecular weight excluding hydrogens is 641 g/mol. The van der Waals surface area contributed by atoms with Crippen LogP contribution in [-0.4, -0.2) is 55.5 Å². The Labute approximate surface area is 269 Å². The van der Waals surface area contributed by atoms with Gasteiger partial charge < -0.3 is 20.3 Å². The van der Waals surface area contributed by atoms with Gasteiger partial charge in [-0.15, -0.1) is 0 Å². The number of amides is 2. The molecule has 252 valence electrons. The lowest BCUT2D eigenvalue weighted by Gasteiger charge is -2.27. The summed E-state index contributed by atoms with van der Waals surface area (Å²) in [6.07, 6.45) is 1.87. The van der Waals surface area contributed by atoms with E-state index in [1.54, 1.807) is 0 Å². The van der Waals surface area contributed by atoms with E-state index in [1.165, 1.54) is 36.4 Å². The molecule has 0 radical (unpaired) electrons. The Morgan fingerprint density at radius 1 is 1.02 bits per heavy atom. The van der Waals surface area contributed by atoms with Crippen LogP contribution in [0.25, 0.3) is 11.3 Å². The third-order valence-electron chi connectivity index (χ3n) is 8.55. The number of pyridine rings is 1. The fourth-order valence-corrected chi connectivity index (χ4v) is 7.52. The van der Waals surface area contributed by atoms with Crippen molar-refractivity contribution >= 4 is 27.6 Å². The van der Waals surface area contributed by atoms with E-state index in [4.69, 9.17) is 4.42 Å². The first kappa shape index (κ1) is 34.1. The van der Waals surface area contributed by atoms with Crippen molar-refractivity contribution in [2.45, 2.75) is 74.7 Å². The Morgan fingerprint density at radius 2 is 1.79 bits per heavy atom. The number of sulfonamides is 1. The SMILES string of the molecule is O=C(NC(CC1CCCCC1)C(=O)N[C@H]1CCCN(S(=O)(=O)c2cccc[n+]2[O-])CC1=O)c1ccc(-c2cccc(C(F)(F)F)c2)o1. The van der Waals surface area contributed by atoms with Crippen molar-refractivity contribution in [3.8, 4) is 11.3 Å². The molecule has 1 unspecified atom stereocenters. The smallest absolute Gasteiger partial charge is 0.416 e. The van der Waals surface area contributed by atoms with Gasteiger partial charge in [-0.05, 0) is 55.5 Å². The van der Waals surface area contributed by atoms with Crippen molar-refractivity contribution in [3.05, 3.63) is 77.3 Å². The van der Waals surface area contributed by atoms with Crippen LogP contribution in [0.1, 0.15) is 67.5 Å². The summed E-state index contributed by atoms with van der Waals surface area (Å²) in [5.74, 6) is -1.97. The van der Waals surface area contributed by atoms with E-state index >= 15 is 0 Å². The molecule has 0 spiro atoms. The molecule has 2 aliphatic rings. The molecular formula is C32H35F3N4O7S. The first-order valence-corrected chi connectivity index (χ1v) is 16.9. The lowest BCUT2D eigenvalue weighted by Crippen LogP contribution is -2.53.